The number of rotatable bonds is 3. The Morgan fingerprint density at radius 1 is 0.920 bits per heavy atom. The van der Waals surface area contributed by atoms with Crippen molar-refractivity contribution in [2.24, 2.45) is 29.1 Å². The van der Waals surface area contributed by atoms with Gasteiger partial charge in [-0.05, 0) is 80.2 Å². The number of hydrogen-bond acceptors (Lipinski definition) is 3. The van der Waals surface area contributed by atoms with Gasteiger partial charge in [-0.15, -0.1) is 0 Å². The van der Waals surface area contributed by atoms with Gasteiger partial charge in [0.05, 0.1) is 10.5 Å². The van der Waals surface area contributed by atoms with Gasteiger partial charge in [-0.1, -0.05) is 38.5 Å². The molecule has 0 saturated heterocycles. The molecule has 0 amide bonds. The van der Waals surface area contributed by atoms with Gasteiger partial charge in [-0.2, -0.15) is 8.42 Å². The van der Waals surface area contributed by atoms with E-state index in [2.05, 4.69) is 20.8 Å². The number of aryl methyl sites for hydroxylation is 1. The average molecular weight is 363 g/mol. The topological polar surface area (TPSA) is 43.4 Å². The molecule has 0 atom stereocenters. The number of benzene rings is 1. The van der Waals surface area contributed by atoms with Crippen LogP contribution < -0.4 is 0 Å². The van der Waals surface area contributed by atoms with Gasteiger partial charge in [-0.3, -0.25) is 4.18 Å². The van der Waals surface area contributed by atoms with Crippen molar-refractivity contribution in [2.75, 3.05) is 0 Å². The molecule has 4 aliphatic carbocycles. The summed E-state index contributed by atoms with van der Waals surface area (Å²) in [4.78, 5) is 0.288. The molecule has 1 aromatic rings. The molecule has 5 rings (SSSR count). The maximum absolute atomic E-state index is 13.2. The van der Waals surface area contributed by atoms with Crippen molar-refractivity contribution in [3.05, 3.63) is 29.8 Å². The van der Waals surface area contributed by atoms with Crippen LogP contribution in [0.5, 0.6) is 0 Å². The second-order valence-corrected chi connectivity index (χ2v) is 11.2. The fourth-order valence-electron chi connectivity index (χ4n) is 6.30. The molecule has 0 heterocycles. The molecule has 4 aliphatic rings. The van der Waals surface area contributed by atoms with Crippen LogP contribution >= 0.6 is 0 Å². The van der Waals surface area contributed by atoms with Gasteiger partial charge < -0.3 is 0 Å². The second-order valence-electron chi connectivity index (χ2n) is 9.70. The minimum atomic E-state index is -3.76. The lowest BCUT2D eigenvalue weighted by Gasteiger charge is -2.64. The van der Waals surface area contributed by atoms with Crippen molar-refractivity contribution >= 4 is 10.1 Å². The normalized spacial score (nSPS) is 37.4. The molecule has 4 heteroatoms. The summed E-state index contributed by atoms with van der Waals surface area (Å²) < 4.78 is 32.6. The van der Waals surface area contributed by atoms with Gasteiger partial charge in [0.25, 0.3) is 10.1 Å². The predicted octanol–water partition coefficient (Wildman–Crippen LogP) is 4.94. The summed E-state index contributed by atoms with van der Waals surface area (Å²) in [5, 5.41) is 0. The van der Waals surface area contributed by atoms with Crippen LogP contribution in [0.4, 0.5) is 0 Å². The standard InChI is InChI=1S/C21H30O3S/c1-14-5-7-19(8-6-14)25(22,23)24-21(20(2,3)4)17-10-15-9-16(12-17)13-18(21)11-15/h5-8,15-18H,9-13H2,1-4H3. The molecule has 0 aromatic heterocycles. The molecule has 4 fully saturated rings. The van der Waals surface area contributed by atoms with E-state index < -0.39 is 15.7 Å². The first-order valence-electron chi connectivity index (χ1n) is 9.64. The Morgan fingerprint density at radius 2 is 1.40 bits per heavy atom. The summed E-state index contributed by atoms with van der Waals surface area (Å²) in [6.45, 7) is 8.46. The molecule has 3 nitrogen and oxygen atoms in total. The molecular formula is C21H30O3S. The molecule has 1 aromatic carbocycles. The largest absolute Gasteiger partial charge is 0.297 e. The lowest BCUT2D eigenvalue weighted by molar-refractivity contribution is -0.204. The monoisotopic (exact) mass is 362 g/mol. The van der Waals surface area contributed by atoms with Crippen molar-refractivity contribution in [1.29, 1.82) is 0 Å². The molecule has 0 unspecified atom stereocenters. The highest BCUT2D eigenvalue weighted by Gasteiger charge is 2.64. The van der Waals surface area contributed by atoms with Gasteiger partial charge in [0.2, 0.25) is 0 Å². The Hall–Kier alpha value is -0.870. The molecule has 4 saturated carbocycles. The summed E-state index contributed by atoms with van der Waals surface area (Å²) in [6, 6.07) is 7.04. The summed E-state index contributed by atoms with van der Waals surface area (Å²) >= 11 is 0. The third-order valence-corrected chi connectivity index (χ3v) is 8.43. The van der Waals surface area contributed by atoms with Crippen LogP contribution in [0.15, 0.2) is 29.2 Å². The summed E-state index contributed by atoms with van der Waals surface area (Å²) in [6.07, 6.45) is 5.88. The van der Waals surface area contributed by atoms with Crippen LogP contribution in [-0.4, -0.2) is 14.0 Å². The molecule has 4 bridgehead atoms. The van der Waals surface area contributed by atoms with E-state index in [0.717, 1.165) is 43.1 Å². The van der Waals surface area contributed by atoms with Crippen molar-refractivity contribution in [3.8, 4) is 0 Å². The van der Waals surface area contributed by atoms with Crippen LogP contribution in [0.1, 0.15) is 58.4 Å². The minimum Gasteiger partial charge on any atom is -0.259 e. The lowest BCUT2D eigenvalue weighted by atomic mass is 9.45. The zero-order valence-electron chi connectivity index (χ0n) is 15.8. The maximum Gasteiger partial charge on any atom is 0.297 e. The second kappa shape index (κ2) is 5.56. The van der Waals surface area contributed by atoms with E-state index in [0.29, 0.717) is 11.8 Å². The van der Waals surface area contributed by atoms with E-state index in [9.17, 15) is 8.42 Å². The van der Waals surface area contributed by atoms with Crippen LogP contribution in [0, 0.1) is 36.0 Å². The quantitative estimate of drug-likeness (QED) is 0.715. The Balaban J connectivity index is 1.75. The van der Waals surface area contributed by atoms with Crippen molar-refractivity contribution < 1.29 is 12.6 Å². The lowest BCUT2D eigenvalue weighted by Crippen LogP contribution is -2.65. The first-order chi connectivity index (χ1) is 11.6. The van der Waals surface area contributed by atoms with Crippen molar-refractivity contribution in [3.63, 3.8) is 0 Å². The third kappa shape index (κ3) is 2.68. The van der Waals surface area contributed by atoms with Crippen LogP contribution in [0.25, 0.3) is 0 Å². The molecule has 0 spiro atoms. The Kier molecular flexibility index (Phi) is 3.90. The summed E-state index contributed by atoms with van der Waals surface area (Å²) in [7, 11) is -3.76. The molecule has 138 valence electrons. The Morgan fingerprint density at radius 3 is 1.84 bits per heavy atom. The van der Waals surface area contributed by atoms with Gasteiger partial charge in [0.15, 0.2) is 0 Å². The highest BCUT2D eigenvalue weighted by atomic mass is 32.2. The zero-order chi connectivity index (χ0) is 18.0. The number of hydrogen-bond donors (Lipinski definition) is 0. The fraction of sp³-hybridized carbons (Fsp3) is 0.714. The van der Waals surface area contributed by atoms with Crippen LogP contribution in [0.2, 0.25) is 0 Å². The molecule has 0 radical (unpaired) electrons. The van der Waals surface area contributed by atoms with E-state index in [1.165, 1.54) is 6.42 Å². The highest BCUT2D eigenvalue weighted by molar-refractivity contribution is 7.86. The molecule has 0 aliphatic heterocycles. The van der Waals surface area contributed by atoms with E-state index in [1.807, 2.05) is 19.1 Å². The van der Waals surface area contributed by atoms with Crippen LogP contribution in [-0.2, 0) is 14.3 Å². The predicted molar refractivity (Wildman–Crippen MR) is 98.7 cm³/mol. The van der Waals surface area contributed by atoms with Crippen LogP contribution in [0.3, 0.4) is 0 Å². The fourth-order valence-corrected chi connectivity index (χ4v) is 7.76. The summed E-state index contributed by atoms with van der Waals surface area (Å²) in [5.41, 5.74) is 0.288. The van der Waals surface area contributed by atoms with Gasteiger partial charge in [-0.25, -0.2) is 0 Å². The first kappa shape index (κ1) is 17.5. The van der Waals surface area contributed by atoms with E-state index in [4.69, 9.17) is 4.18 Å². The zero-order valence-corrected chi connectivity index (χ0v) is 16.6. The third-order valence-electron chi connectivity index (χ3n) is 7.08. The highest BCUT2D eigenvalue weighted by Crippen LogP contribution is 2.64. The van der Waals surface area contributed by atoms with Gasteiger partial charge in [0.1, 0.15) is 0 Å². The Bertz CT molecular complexity index is 727. The van der Waals surface area contributed by atoms with Crippen molar-refractivity contribution in [2.45, 2.75) is 70.3 Å². The SMILES string of the molecule is Cc1ccc(S(=O)(=O)OC2(C(C)(C)C)C3CC4CC(C3)CC2C4)cc1. The van der Waals surface area contributed by atoms with E-state index in [1.54, 1.807) is 12.1 Å². The average Bonchev–Trinajstić information content (AvgIpc) is 2.49. The molecule has 0 N–H and O–H groups in total. The van der Waals surface area contributed by atoms with Crippen molar-refractivity contribution in [1.82, 2.24) is 0 Å². The molecule has 25 heavy (non-hydrogen) atoms. The van der Waals surface area contributed by atoms with E-state index >= 15 is 0 Å². The first-order valence-corrected chi connectivity index (χ1v) is 11.0. The smallest absolute Gasteiger partial charge is 0.259 e. The minimum absolute atomic E-state index is 0.201. The summed E-state index contributed by atoms with van der Waals surface area (Å²) in [5.74, 6) is 2.29. The maximum atomic E-state index is 13.2. The Labute approximate surface area is 152 Å². The van der Waals surface area contributed by atoms with E-state index in [-0.39, 0.29) is 10.3 Å². The van der Waals surface area contributed by atoms with Gasteiger partial charge >= 0.3 is 0 Å². The van der Waals surface area contributed by atoms with Gasteiger partial charge in [0, 0.05) is 0 Å². The molecular weight excluding hydrogens is 332 g/mol.